The van der Waals surface area contributed by atoms with Gasteiger partial charge in [-0.05, 0) is 23.3 Å². The van der Waals surface area contributed by atoms with E-state index in [2.05, 4.69) is 15.9 Å². The van der Waals surface area contributed by atoms with Gasteiger partial charge in [0.05, 0.1) is 17.1 Å². The van der Waals surface area contributed by atoms with Crippen LogP contribution in [-0.2, 0) is 13.1 Å². The zero-order chi connectivity index (χ0) is 15.1. The number of hydrogen-bond acceptors (Lipinski definition) is 3. The van der Waals surface area contributed by atoms with Crippen molar-refractivity contribution in [1.82, 2.24) is 0 Å². The highest BCUT2D eigenvalue weighted by atomic mass is 79.9. The molecular formula is C14H9BrF2N2O2. The van der Waals surface area contributed by atoms with E-state index < -0.39 is 22.2 Å². The van der Waals surface area contributed by atoms with Crippen LogP contribution in [0.4, 0.5) is 20.2 Å². The van der Waals surface area contributed by atoms with Crippen LogP contribution in [0.3, 0.4) is 0 Å². The van der Waals surface area contributed by atoms with Crippen LogP contribution in [0, 0.1) is 21.7 Å². The highest BCUT2D eigenvalue weighted by molar-refractivity contribution is 9.10. The van der Waals surface area contributed by atoms with Gasteiger partial charge in [-0.1, -0.05) is 22.0 Å². The molecule has 2 aromatic rings. The second-order valence-corrected chi connectivity index (χ2v) is 5.70. The smallest absolute Gasteiger partial charge is 0.275 e. The molecule has 1 aliphatic heterocycles. The lowest BCUT2D eigenvalue weighted by molar-refractivity contribution is -0.385. The van der Waals surface area contributed by atoms with Gasteiger partial charge < -0.3 is 4.90 Å². The molecule has 1 heterocycles. The molecule has 0 unspecified atom stereocenters. The van der Waals surface area contributed by atoms with Crippen molar-refractivity contribution in [2.45, 2.75) is 13.1 Å². The second-order valence-electron chi connectivity index (χ2n) is 4.78. The van der Waals surface area contributed by atoms with E-state index in [-0.39, 0.29) is 5.69 Å². The van der Waals surface area contributed by atoms with E-state index in [0.717, 1.165) is 27.7 Å². The number of anilines is 1. The number of benzene rings is 2. The maximum Gasteiger partial charge on any atom is 0.275 e. The molecule has 7 heteroatoms. The molecule has 108 valence electrons. The van der Waals surface area contributed by atoms with Gasteiger partial charge in [0.25, 0.3) is 5.69 Å². The average molecular weight is 355 g/mol. The molecule has 0 N–H and O–H groups in total. The van der Waals surface area contributed by atoms with Crippen molar-refractivity contribution in [3.63, 3.8) is 0 Å². The Hall–Kier alpha value is -2.02. The molecule has 4 nitrogen and oxygen atoms in total. The summed E-state index contributed by atoms with van der Waals surface area (Å²) in [5, 5.41) is 10.6. The number of nitro groups is 1. The molecule has 3 rings (SSSR count). The summed E-state index contributed by atoms with van der Waals surface area (Å²) in [4.78, 5) is 11.3. The van der Waals surface area contributed by atoms with E-state index in [1.54, 1.807) is 0 Å². The van der Waals surface area contributed by atoms with Crippen molar-refractivity contribution >= 4 is 27.3 Å². The van der Waals surface area contributed by atoms with Crippen molar-refractivity contribution in [3.05, 3.63) is 67.7 Å². The van der Waals surface area contributed by atoms with E-state index in [1.165, 1.54) is 4.90 Å². The summed E-state index contributed by atoms with van der Waals surface area (Å²) in [6.45, 7) is 0.731. The zero-order valence-corrected chi connectivity index (χ0v) is 12.2. The summed E-state index contributed by atoms with van der Waals surface area (Å²) in [6.07, 6.45) is 0. The first kappa shape index (κ1) is 13.9. The van der Waals surface area contributed by atoms with Gasteiger partial charge in [0.15, 0.2) is 11.6 Å². The molecule has 0 aliphatic carbocycles. The number of rotatable bonds is 2. The molecule has 0 atom stereocenters. The van der Waals surface area contributed by atoms with Crippen LogP contribution in [0.5, 0.6) is 0 Å². The lowest BCUT2D eigenvalue weighted by Gasteiger charge is -2.19. The van der Waals surface area contributed by atoms with Gasteiger partial charge in [-0.2, -0.15) is 0 Å². The SMILES string of the molecule is O=[N+]([O-])c1cc(F)c(N2Cc3ccc(Br)cc3C2)c(F)c1. The fourth-order valence-electron chi connectivity index (χ4n) is 2.48. The van der Waals surface area contributed by atoms with E-state index in [4.69, 9.17) is 0 Å². The largest absolute Gasteiger partial charge is 0.358 e. The first-order chi connectivity index (χ1) is 9.95. The van der Waals surface area contributed by atoms with Gasteiger partial charge in [0.1, 0.15) is 5.69 Å². The molecule has 1 aliphatic rings. The number of nitrogens with zero attached hydrogens (tertiary/aromatic N) is 2. The Labute approximate surface area is 127 Å². The third-order valence-electron chi connectivity index (χ3n) is 3.42. The molecule has 0 amide bonds. The lowest BCUT2D eigenvalue weighted by atomic mass is 10.1. The number of hydrogen-bond donors (Lipinski definition) is 0. The van der Waals surface area contributed by atoms with Crippen LogP contribution in [-0.4, -0.2) is 4.92 Å². The van der Waals surface area contributed by atoms with Crippen LogP contribution in [0.1, 0.15) is 11.1 Å². The Morgan fingerprint density at radius 3 is 2.33 bits per heavy atom. The highest BCUT2D eigenvalue weighted by Crippen LogP contribution is 2.35. The lowest BCUT2D eigenvalue weighted by Crippen LogP contribution is -2.18. The van der Waals surface area contributed by atoms with Crippen LogP contribution < -0.4 is 4.90 Å². The highest BCUT2D eigenvalue weighted by Gasteiger charge is 2.26. The van der Waals surface area contributed by atoms with Gasteiger partial charge in [-0.25, -0.2) is 8.78 Å². The third-order valence-corrected chi connectivity index (χ3v) is 3.91. The number of nitro benzene ring substituents is 1. The van der Waals surface area contributed by atoms with Crippen LogP contribution >= 0.6 is 15.9 Å². The van der Waals surface area contributed by atoms with Crippen LogP contribution in [0.25, 0.3) is 0 Å². The van der Waals surface area contributed by atoms with Gasteiger partial charge in [0, 0.05) is 17.6 Å². The van der Waals surface area contributed by atoms with Crippen LogP contribution in [0.2, 0.25) is 0 Å². The quantitative estimate of drug-likeness (QED) is 0.601. The molecule has 0 aromatic heterocycles. The maximum absolute atomic E-state index is 14.0. The molecule has 0 saturated carbocycles. The first-order valence-corrected chi connectivity index (χ1v) is 6.90. The summed E-state index contributed by atoms with van der Waals surface area (Å²) < 4.78 is 29.0. The second kappa shape index (κ2) is 5.07. The summed E-state index contributed by atoms with van der Waals surface area (Å²) in [6, 6.07) is 7.15. The number of fused-ring (bicyclic) bond motifs is 1. The Kier molecular flexibility index (Phi) is 3.36. The van der Waals surface area contributed by atoms with Gasteiger partial charge >= 0.3 is 0 Å². The number of halogens is 3. The Balaban J connectivity index is 1.98. The van der Waals surface area contributed by atoms with E-state index in [1.807, 2.05) is 18.2 Å². The summed E-state index contributed by atoms with van der Waals surface area (Å²) in [5.41, 5.74) is 1.14. The van der Waals surface area contributed by atoms with Crippen molar-refractivity contribution < 1.29 is 13.7 Å². The van der Waals surface area contributed by atoms with E-state index in [0.29, 0.717) is 13.1 Å². The minimum absolute atomic E-state index is 0.229. The summed E-state index contributed by atoms with van der Waals surface area (Å²) in [5.74, 6) is -1.85. The van der Waals surface area contributed by atoms with Crippen molar-refractivity contribution in [2.75, 3.05) is 4.90 Å². The minimum atomic E-state index is -0.923. The molecular weight excluding hydrogens is 346 g/mol. The summed E-state index contributed by atoms with van der Waals surface area (Å²) in [7, 11) is 0. The molecule has 0 saturated heterocycles. The predicted molar refractivity (Wildman–Crippen MR) is 77.0 cm³/mol. The third kappa shape index (κ3) is 2.49. The molecule has 0 spiro atoms. The molecule has 0 fully saturated rings. The van der Waals surface area contributed by atoms with Gasteiger partial charge in [-0.15, -0.1) is 0 Å². The summed E-state index contributed by atoms with van der Waals surface area (Å²) >= 11 is 3.35. The maximum atomic E-state index is 14.0. The van der Waals surface area contributed by atoms with Gasteiger partial charge in [0.2, 0.25) is 0 Å². The van der Waals surface area contributed by atoms with E-state index in [9.17, 15) is 18.9 Å². The Morgan fingerprint density at radius 2 is 1.71 bits per heavy atom. The minimum Gasteiger partial charge on any atom is -0.358 e. The van der Waals surface area contributed by atoms with Crippen molar-refractivity contribution in [1.29, 1.82) is 0 Å². The fraction of sp³-hybridized carbons (Fsp3) is 0.143. The standard InChI is InChI=1S/C14H9BrF2N2O2/c15-10-2-1-8-6-18(7-9(8)3-10)14-12(16)4-11(19(20)21)5-13(14)17/h1-5H,6-7H2. The molecule has 0 radical (unpaired) electrons. The zero-order valence-electron chi connectivity index (χ0n) is 10.6. The van der Waals surface area contributed by atoms with Crippen molar-refractivity contribution in [2.24, 2.45) is 0 Å². The normalized spacial score (nSPS) is 13.4. The van der Waals surface area contributed by atoms with E-state index >= 15 is 0 Å². The Morgan fingerprint density at radius 1 is 1.10 bits per heavy atom. The topological polar surface area (TPSA) is 46.4 Å². The predicted octanol–water partition coefficient (Wildman–Crippen LogP) is 4.16. The molecule has 2 aromatic carbocycles. The Bertz CT molecular complexity index is 729. The van der Waals surface area contributed by atoms with Gasteiger partial charge in [-0.3, -0.25) is 10.1 Å². The molecule has 21 heavy (non-hydrogen) atoms. The monoisotopic (exact) mass is 354 g/mol. The number of non-ortho nitro benzene ring substituents is 1. The van der Waals surface area contributed by atoms with Crippen LogP contribution in [0.15, 0.2) is 34.8 Å². The fourth-order valence-corrected chi connectivity index (χ4v) is 2.89. The first-order valence-electron chi connectivity index (χ1n) is 6.11. The van der Waals surface area contributed by atoms with Crippen molar-refractivity contribution in [3.8, 4) is 0 Å². The average Bonchev–Trinajstić information content (AvgIpc) is 2.80. The molecule has 0 bridgehead atoms.